The van der Waals surface area contributed by atoms with Gasteiger partial charge in [-0.2, -0.15) is 0 Å². The van der Waals surface area contributed by atoms with Crippen molar-refractivity contribution in [2.75, 3.05) is 13.2 Å². The number of phenols is 4. The van der Waals surface area contributed by atoms with Crippen LogP contribution in [-0.2, 0) is 41.3 Å². The van der Waals surface area contributed by atoms with Gasteiger partial charge in [-0.15, -0.1) is 0 Å². The Morgan fingerprint density at radius 1 is 0.750 bits per heavy atom. The molecule has 0 radical (unpaired) electrons. The molecule has 0 amide bonds. The summed E-state index contributed by atoms with van der Waals surface area (Å²) in [6, 6.07) is 8.23. The molecule has 44 heavy (non-hydrogen) atoms. The SMILES string of the molecule is CC1OC(OC2C(O)C(OCCc3ccc(O)c(O)c3)OC(CO)C2OC(=O)CCc2ccc(O)c(O)c2)C(O)C(O)C1O. The Kier molecular flexibility index (Phi) is 11.2. The molecule has 10 atom stereocenters. The van der Waals surface area contributed by atoms with Crippen LogP contribution in [0.3, 0.4) is 0 Å². The molecule has 0 spiro atoms. The molecule has 4 rings (SSSR count). The summed E-state index contributed by atoms with van der Waals surface area (Å²) >= 11 is 0. The highest BCUT2D eigenvalue weighted by Crippen LogP contribution is 2.32. The van der Waals surface area contributed by atoms with Crippen molar-refractivity contribution in [2.45, 2.75) is 87.6 Å². The molecule has 244 valence electrons. The molecule has 0 aliphatic carbocycles. The van der Waals surface area contributed by atoms with Gasteiger partial charge in [0.25, 0.3) is 0 Å². The topological polar surface area (TPSA) is 245 Å². The average Bonchev–Trinajstić information content (AvgIpc) is 2.99. The lowest BCUT2D eigenvalue weighted by atomic mass is 9.97. The summed E-state index contributed by atoms with van der Waals surface area (Å²) < 4.78 is 28.3. The van der Waals surface area contributed by atoms with E-state index in [-0.39, 0.29) is 48.9 Å². The van der Waals surface area contributed by atoms with E-state index in [2.05, 4.69) is 0 Å². The van der Waals surface area contributed by atoms with Crippen molar-refractivity contribution in [2.24, 2.45) is 0 Å². The van der Waals surface area contributed by atoms with E-state index < -0.39 is 74.0 Å². The first-order valence-corrected chi connectivity index (χ1v) is 14.0. The van der Waals surface area contributed by atoms with Crippen LogP contribution >= 0.6 is 0 Å². The summed E-state index contributed by atoms with van der Waals surface area (Å²) in [5.74, 6) is -2.12. The van der Waals surface area contributed by atoms with Crippen LogP contribution in [0.2, 0.25) is 0 Å². The van der Waals surface area contributed by atoms with Crippen LogP contribution in [0.4, 0.5) is 0 Å². The number of hydrogen-bond acceptors (Lipinski definition) is 15. The Balaban J connectivity index is 1.49. The fourth-order valence-electron chi connectivity index (χ4n) is 4.96. The van der Waals surface area contributed by atoms with Gasteiger partial charge in [-0.1, -0.05) is 12.1 Å². The highest BCUT2D eigenvalue weighted by Gasteiger charge is 2.52. The molecule has 2 saturated heterocycles. The molecule has 9 N–H and O–H groups in total. The van der Waals surface area contributed by atoms with Gasteiger partial charge in [0.1, 0.15) is 36.6 Å². The number of aryl methyl sites for hydroxylation is 1. The predicted molar refractivity (Wildman–Crippen MR) is 146 cm³/mol. The summed E-state index contributed by atoms with van der Waals surface area (Å²) in [7, 11) is 0. The Morgan fingerprint density at radius 3 is 1.95 bits per heavy atom. The molecule has 2 aromatic rings. The van der Waals surface area contributed by atoms with Gasteiger partial charge in [0.15, 0.2) is 41.7 Å². The highest BCUT2D eigenvalue weighted by atomic mass is 16.7. The summed E-state index contributed by atoms with van der Waals surface area (Å²) in [6.07, 6.45) is -14.7. The molecule has 2 heterocycles. The van der Waals surface area contributed by atoms with Gasteiger partial charge in [-0.25, -0.2) is 0 Å². The van der Waals surface area contributed by atoms with Crippen LogP contribution in [0.25, 0.3) is 0 Å². The van der Waals surface area contributed by atoms with E-state index in [0.717, 1.165) is 0 Å². The maximum Gasteiger partial charge on any atom is 0.306 e. The van der Waals surface area contributed by atoms with Gasteiger partial charge in [-0.05, 0) is 55.2 Å². The third-order valence-corrected chi connectivity index (χ3v) is 7.53. The fourth-order valence-corrected chi connectivity index (χ4v) is 4.96. The van der Waals surface area contributed by atoms with Crippen molar-refractivity contribution in [1.29, 1.82) is 0 Å². The van der Waals surface area contributed by atoms with Gasteiger partial charge in [0.05, 0.1) is 19.3 Å². The maximum atomic E-state index is 12.9. The number of benzene rings is 2. The average molecular weight is 627 g/mol. The predicted octanol–water partition coefficient (Wildman–Crippen LogP) is -1.10. The second-order valence-electron chi connectivity index (χ2n) is 10.7. The first kappa shape index (κ1) is 33.6. The van der Waals surface area contributed by atoms with E-state index in [4.69, 9.17) is 23.7 Å². The molecule has 10 unspecified atom stereocenters. The van der Waals surface area contributed by atoms with Gasteiger partial charge in [-0.3, -0.25) is 4.79 Å². The summed E-state index contributed by atoms with van der Waals surface area (Å²) in [5.41, 5.74) is 1.10. The monoisotopic (exact) mass is 626 g/mol. The third kappa shape index (κ3) is 7.87. The normalized spacial score (nSPS) is 32.3. The molecule has 0 aromatic heterocycles. The number of aliphatic hydroxyl groups excluding tert-OH is 5. The molecular formula is C29H38O15. The number of hydrogen-bond donors (Lipinski definition) is 9. The molecular weight excluding hydrogens is 588 g/mol. The lowest BCUT2D eigenvalue weighted by Gasteiger charge is -2.46. The smallest absolute Gasteiger partial charge is 0.306 e. The lowest BCUT2D eigenvalue weighted by Crippen LogP contribution is -2.65. The van der Waals surface area contributed by atoms with Crippen molar-refractivity contribution in [3.63, 3.8) is 0 Å². The third-order valence-electron chi connectivity index (χ3n) is 7.53. The van der Waals surface area contributed by atoms with Crippen molar-refractivity contribution in [3.8, 4) is 23.0 Å². The van der Waals surface area contributed by atoms with E-state index in [1.54, 1.807) is 6.07 Å². The molecule has 2 fully saturated rings. The fraction of sp³-hybridized carbons (Fsp3) is 0.552. The number of phenolic OH excluding ortho intramolecular Hbond substituents is 4. The van der Waals surface area contributed by atoms with Crippen molar-refractivity contribution < 1.29 is 74.4 Å². The number of carbonyl (C=O) groups is 1. The summed E-state index contributed by atoms with van der Waals surface area (Å²) in [6.45, 7) is 0.651. The number of aliphatic hydroxyl groups is 5. The standard InChI is InChI=1S/C29H38O15/c1-13-22(36)23(37)24(38)29(41-13)44-27-25(39)28(40-9-8-15-3-6-17(32)19(34)11-15)42-20(12-30)26(27)43-21(35)7-4-14-2-5-16(31)18(33)10-14/h2-3,5-6,10-11,13,20,22-34,36-39H,4,7-9,12H2,1H3. The number of rotatable bonds is 11. The van der Waals surface area contributed by atoms with E-state index >= 15 is 0 Å². The second-order valence-corrected chi connectivity index (χ2v) is 10.7. The van der Waals surface area contributed by atoms with Gasteiger partial charge in [0.2, 0.25) is 0 Å². The number of carbonyl (C=O) groups excluding carboxylic acids is 1. The van der Waals surface area contributed by atoms with E-state index in [9.17, 15) is 50.8 Å². The Hall–Kier alpha value is -3.25. The van der Waals surface area contributed by atoms with Crippen LogP contribution in [0.15, 0.2) is 36.4 Å². The Bertz CT molecular complexity index is 1260. The second kappa shape index (κ2) is 14.7. The minimum absolute atomic E-state index is 0.0643. The quantitative estimate of drug-likeness (QED) is 0.106. The zero-order chi connectivity index (χ0) is 32.1. The Labute approximate surface area is 252 Å². The van der Waals surface area contributed by atoms with E-state index in [1.807, 2.05) is 0 Å². The molecule has 2 aromatic carbocycles. The minimum atomic E-state index is -1.76. The van der Waals surface area contributed by atoms with Crippen LogP contribution in [-0.4, -0.2) is 127 Å². The first-order valence-electron chi connectivity index (χ1n) is 14.0. The molecule has 2 aliphatic heterocycles. The summed E-state index contributed by atoms with van der Waals surface area (Å²) in [4.78, 5) is 12.9. The van der Waals surface area contributed by atoms with Crippen LogP contribution in [0.1, 0.15) is 24.5 Å². The molecule has 15 nitrogen and oxygen atoms in total. The van der Waals surface area contributed by atoms with Gasteiger partial charge in [0, 0.05) is 6.42 Å². The molecule has 0 bridgehead atoms. The summed E-state index contributed by atoms with van der Waals surface area (Å²) in [5, 5.41) is 90.6. The highest BCUT2D eigenvalue weighted by molar-refractivity contribution is 5.70. The molecule has 0 saturated carbocycles. The number of esters is 1. The van der Waals surface area contributed by atoms with Crippen molar-refractivity contribution in [3.05, 3.63) is 47.5 Å². The van der Waals surface area contributed by atoms with Crippen LogP contribution < -0.4 is 0 Å². The van der Waals surface area contributed by atoms with Crippen molar-refractivity contribution >= 4 is 5.97 Å². The van der Waals surface area contributed by atoms with Gasteiger partial charge < -0.3 is 69.6 Å². The molecule has 2 aliphatic rings. The van der Waals surface area contributed by atoms with E-state index in [1.165, 1.54) is 37.3 Å². The Morgan fingerprint density at radius 2 is 1.36 bits per heavy atom. The minimum Gasteiger partial charge on any atom is -0.504 e. The number of aromatic hydroxyl groups is 4. The number of ether oxygens (including phenoxy) is 5. The van der Waals surface area contributed by atoms with Crippen molar-refractivity contribution in [1.82, 2.24) is 0 Å². The lowest BCUT2D eigenvalue weighted by molar-refractivity contribution is -0.357. The zero-order valence-electron chi connectivity index (χ0n) is 23.7. The maximum absolute atomic E-state index is 12.9. The van der Waals surface area contributed by atoms with Crippen LogP contribution in [0.5, 0.6) is 23.0 Å². The van der Waals surface area contributed by atoms with Gasteiger partial charge >= 0.3 is 5.97 Å². The largest absolute Gasteiger partial charge is 0.504 e. The van der Waals surface area contributed by atoms with E-state index in [0.29, 0.717) is 11.1 Å². The first-order chi connectivity index (χ1) is 20.9. The van der Waals surface area contributed by atoms with Crippen LogP contribution in [0, 0.1) is 0 Å². The zero-order valence-corrected chi connectivity index (χ0v) is 23.7. The molecule has 15 heteroatoms.